The number of hydrogen-bond acceptors (Lipinski definition) is 5. The maximum absolute atomic E-state index is 12.5. The Bertz CT molecular complexity index is 939. The maximum Gasteiger partial charge on any atom is 0.259 e. The molecule has 2 N–H and O–H groups in total. The summed E-state index contributed by atoms with van der Waals surface area (Å²) < 4.78 is 5.15. The van der Waals surface area contributed by atoms with Crippen LogP contribution in [0.3, 0.4) is 0 Å². The highest BCUT2D eigenvalue weighted by Crippen LogP contribution is 2.15. The van der Waals surface area contributed by atoms with Gasteiger partial charge in [0.15, 0.2) is 0 Å². The molecule has 3 rings (SSSR count). The summed E-state index contributed by atoms with van der Waals surface area (Å²) in [6, 6.07) is 15.4. The fraction of sp³-hybridized carbons (Fsp3) is 0.190. The van der Waals surface area contributed by atoms with Crippen LogP contribution in [0.5, 0.6) is 5.75 Å². The zero-order chi connectivity index (χ0) is 19.2. The minimum absolute atomic E-state index is 0.222. The van der Waals surface area contributed by atoms with Crippen molar-refractivity contribution in [1.82, 2.24) is 9.97 Å². The normalized spacial score (nSPS) is 10.3. The molecule has 1 aromatic heterocycles. The second-order valence-electron chi connectivity index (χ2n) is 6.22. The minimum atomic E-state index is -0.222. The molecule has 6 nitrogen and oxygen atoms in total. The molecule has 6 heteroatoms. The molecule has 27 heavy (non-hydrogen) atoms. The van der Waals surface area contributed by atoms with Crippen LogP contribution in [0.15, 0.2) is 54.7 Å². The number of methoxy groups -OCH3 is 1. The number of aryl methyl sites for hydroxylation is 2. The monoisotopic (exact) mass is 362 g/mol. The van der Waals surface area contributed by atoms with Crippen molar-refractivity contribution in [1.29, 1.82) is 0 Å². The highest BCUT2D eigenvalue weighted by atomic mass is 16.5. The van der Waals surface area contributed by atoms with Crippen LogP contribution in [-0.4, -0.2) is 23.0 Å². The summed E-state index contributed by atoms with van der Waals surface area (Å²) in [6.45, 7) is 4.36. The van der Waals surface area contributed by atoms with E-state index in [1.807, 2.05) is 55.5 Å². The number of rotatable bonds is 6. The molecule has 0 fully saturated rings. The summed E-state index contributed by atoms with van der Waals surface area (Å²) in [4.78, 5) is 21.1. The molecule has 1 amide bonds. The third-order valence-electron chi connectivity index (χ3n) is 4.11. The molecule has 0 spiro atoms. The average Bonchev–Trinajstić information content (AvgIpc) is 2.66. The van der Waals surface area contributed by atoms with E-state index in [9.17, 15) is 4.79 Å². The summed E-state index contributed by atoms with van der Waals surface area (Å²) in [5, 5.41) is 6.04. The van der Waals surface area contributed by atoms with Crippen LogP contribution in [0.2, 0.25) is 0 Å². The van der Waals surface area contributed by atoms with Crippen molar-refractivity contribution in [2.24, 2.45) is 0 Å². The molecule has 0 saturated carbocycles. The van der Waals surface area contributed by atoms with Gasteiger partial charge in [0.25, 0.3) is 5.91 Å². The molecule has 0 radical (unpaired) electrons. The van der Waals surface area contributed by atoms with Gasteiger partial charge in [-0.3, -0.25) is 4.79 Å². The van der Waals surface area contributed by atoms with Gasteiger partial charge in [-0.15, -0.1) is 0 Å². The molecule has 0 unspecified atom stereocenters. The zero-order valence-corrected chi connectivity index (χ0v) is 15.6. The van der Waals surface area contributed by atoms with Gasteiger partial charge in [-0.05, 0) is 49.2 Å². The van der Waals surface area contributed by atoms with Crippen LogP contribution in [-0.2, 0) is 6.54 Å². The molecule has 0 saturated heterocycles. The van der Waals surface area contributed by atoms with Crippen molar-refractivity contribution in [3.8, 4) is 5.75 Å². The number of nitrogens with zero attached hydrogens (tertiary/aromatic N) is 2. The Morgan fingerprint density at radius 3 is 2.56 bits per heavy atom. The Kier molecular flexibility index (Phi) is 5.66. The van der Waals surface area contributed by atoms with Crippen molar-refractivity contribution in [2.75, 3.05) is 17.7 Å². The summed E-state index contributed by atoms with van der Waals surface area (Å²) in [5.41, 5.74) is 3.98. The van der Waals surface area contributed by atoms with Gasteiger partial charge in [-0.2, -0.15) is 0 Å². The fourth-order valence-corrected chi connectivity index (χ4v) is 2.62. The van der Waals surface area contributed by atoms with Gasteiger partial charge in [-0.25, -0.2) is 9.97 Å². The second kappa shape index (κ2) is 8.31. The Hall–Kier alpha value is -3.41. The largest absolute Gasteiger partial charge is 0.497 e. The van der Waals surface area contributed by atoms with E-state index in [0.29, 0.717) is 23.8 Å². The molecule has 3 aromatic rings. The van der Waals surface area contributed by atoms with E-state index in [4.69, 9.17) is 4.74 Å². The Morgan fingerprint density at radius 2 is 1.89 bits per heavy atom. The number of ether oxygens (including phenoxy) is 1. The summed E-state index contributed by atoms with van der Waals surface area (Å²) in [6.07, 6.45) is 1.55. The topological polar surface area (TPSA) is 76.1 Å². The lowest BCUT2D eigenvalue weighted by molar-refractivity contribution is 0.102. The van der Waals surface area contributed by atoms with E-state index in [1.54, 1.807) is 20.2 Å². The summed E-state index contributed by atoms with van der Waals surface area (Å²) in [5.74, 6) is 1.07. The number of nitrogens with one attached hydrogen (secondary N) is 2. The van der Waals surface area contributed by atoms with Gasteiger partial charge in [-0.1, -0.05) is 24.3 Å². The molecule has 0 aliphatic rings. The van der Waals surface area contributed by atoms with E-state index in [2.05, 4.69) is 20.6 Å². The van der Waals surface area contributed by atoms with Crippen LogP contribution in [0, 0.1) is 13.8 Å². The first-order chi connectivity index (χ1) is 13.0. The maximum atomic E-state index is 12.5. The van der Waals surface area contributed by atoms with E-state index in [1.165, 1.54) is 0 Å². The molecule has 1 heterocycles. The summed E-state index contributed by atoms with van der Waals surface area (Å²) >= 11 is 0. The Labute approximate surface area is 158 Å². The lowest BCUT2D eigenvalue weighted by Crippen LogP contribution is -2.15. The second-order valence-corrected chi connectivity index (χ2v) is 6.22. The molecular weight excluding hydrogens is 340 g/mol. The number of benzene rings is 2. The number of aromatic nitrogens is 2. The average molecular weight is 362 g/mol. The van der Waals surface area contributed by atoms with Crippen molar-refractivity contribution >= 4 is 17.5 Å². The standard InChI is InChI=1S/C21H22N4O2/c1-14-5-4-6-17(11-14)25-20(26)19-13-23-21(24-15(19)2)22-12-16-7-9-18(27-3)10-8-16/h4-11,13H,12H2,1-3H3,(H,25,26)(H,22,23,24). The van der Waals surface area contributed by atoms with E-state index >= 15 is 0 Å². The van der Waals surface area contributed by atoms with Crippen LogP contribution >= 0.6 is 0 Å². The summed E-state index contributed by atoms with van der Waals surface area (Å²) in [7, 11) is 1.64. The van der Waals surface area contributed by atoms with Crippen LogP contribution < -0.4 is 15.4 Å². The van der Waals surface area contributed by atoms with Gasteiger partial charge in [0.1, 0.15) is 5.75 Å². The number of anilines is 2. The van der Waals surface area contributed by atoms with Crippen LogP contribution in [0.1, 0.15) is 27.2 Å². The van der Waals surface area contributed by atoms with Crippen LogP contribution in [0.4, 0.5) is 11.6 Å². The van der Waals surface area contributed by atoms with E-state index < -0.39 is 0 Å². The SMILES string of the molecule is COc1ccc(CNc2ncc(C(=O)Nc3cccc(C)c3)c(C)n2)cc1. The smallest absolute Gasteiger partial charge is 0.259 e. The van der Waals surface area contributed by atoms with Crippen molar-refractivity contribution in [3.63, 3.8) is 0 Å². The zero-order valence-electron chi connectivity index (χ0n) is 15.6. The van der Waals surface area contributed by atoms with Crippen molar-refractivity contribution in [3.05, 3.63) is 77.1 Å². The van der Waals surface area contributed by atoms with E-state index in [0.717, 1.165) is 22.6 Å². The predicted molar refractivity (Wildman–Crippen MR) is 106 cm³/mol. The molecule has 0 atom stereocenters. The lowest BCUT2D eigenvalue weighted by atomic mass is 10.2. The quantitative estimate of drug-likeness (QED) is 0.694. The third-order valence-corrected chi connectivity index (χ3v) is 4.11. The first kappa shape index (κ1) is 18.4. The molecule has 0 bridgehead atoms. The predicted octanol–water partition coefficient (Wildman–Crippen LogP) is 3.97. The molecular formula is C21H22N4O2. The molecule has 2 aromatic carbocycles. The fourth-order valence-electron chi connectivity index (χ4n) is 2.62. The third kappa shape index (κ3) is 4.82. The van der Waals surface area contributed by atoms with Crippen molar-refractivity contribution < 1.29 is 9.53 Å². The molecule has 138 valence electrons. The highest BCUT2D eigenvalue weighted by Gasteiger charge is 2.12. The number of carbonyl (C=O) groups excluding carboxylic acids is 1. The van der Waals surface area contributed by atoms with Gasteiger partial charge in [0, 0.05) is 18.4 Å². The highest BCUT2D eigenvalue weighted by molar-refractivity contribution is 6.04. The number of hydrogen-bond donors (Lipinski definition) is 2. The first-order valence-electron chi connectivity index (χ1n) is 8.63. The molecule has 0 aliphatic heterocycles. The van der Waals surface area contributed by atoms with Gasteiger partial charge >= 0.3 is 0 Å². The van der Waals surface area contributed by atoms with Crippen molar-refractivity contribution in [2.45, 2.75) is 20.4 Å². The van der Waals surface area contributed by atoms with Gasteiger partial charge in [0.2, 0.25) is 5.95 Å². The lowest BCUT2D eigenvalue weighted by Gasteiger charge is -2.10. The van der Waals surface area contributed by atoms with E-state index in [-0.39, 0.29) is 5.91 Å². The Morgan fingerprint density at radius 1 is 1.11 bits per heavy atom. The Balaban J connectivity index is 1.64. The minimum Gasteiger partial charge on any atom is -0.497 e. The van der Waals surface area contributed by atoms with Gasteiger partial charge < -0.3 is 15.4 Å². The number of carbonyl (C=O) groups is 1. The molecule has 0 aliphatic carbocycles. The van der Waals surface area contributed by atoms with Gasteiger partial charge in [0.05, 0.1) is 18.4 Å². The number of amides is 1. The first-order valence-corrected chi connectivity index (χ1v) is 8.63. The van der Waals surface area contributed by atoms with Crippen LogP contribution in [0.25, 0.3) is 0 Å².